The molecule has 0 aliphatic heterocycles. The van der Waals surface area contributed by atoms with Gasteiger partial charge in [0.1, 0.15) is 11.6 Å². The Morgan fingerprint density at radius 1 is 1.11 bits per heavy atom. The minimum absolute atomic E-state index is 0.0992. The Balaban J connectivity index is 1.97. The molecule has 0 saturated carbocycles. The first-order valence-electron chi connectivity index (χ1n) is 8.58. The molecule has 0 saturated heterocycles. The summed E-state index contributed by atoms with van der Waals surface area (Å²) in [6, 6.07) is 11.5. The van der Waals surface area contributed by atoms with Gasteiger partial charge in [0.15, 0.2) is 6.61 Å². The Morgan fingerprint density at radius 3 is 2.44 bits per heavy atom. The molecule has 2 rings (SSSR count). The number of rotatable bonds is 6. The van der Waals surface area contributed by atoms with Gasteiger partial charge in [-0.2, -0.15) is 0 Å². The fraction of sp³-hybridized carbons (Fsp3) is 0.333. The molecular weight excluding hydrogens is 349 g/mol. The summed E-state index contributed by atoms with van der Waals surface area (Å²) in [7, 11) is 1.51. The molecule has 5 nitrogen and oxygen atoms in total. The van der Waals surface area contributed by atoms with Crippen LogP contribution in [0.3, 0.4) is 0 Å². The van der Waals surface area contributed by atoms with Crippen LogP contribution in [0.4, 0.5) is 10.1 Å². The summed E-state index contributed by atoms with van der Waals surface area (Å²) in [4.78, 5) is 24.0. The minimum atomic E-state index is -0.675. The van der Waals surface area contributed by atoms with Gasteiger partial charge in [-0.3, -0.25) is 9.59 Å². The lowest BCUT2D eigenvalue weighted by molar-refractivity contribution is -0.146. The van der Waals surface area contributed by atoms with Gasteiger partial charge in [-0.15, -0.1) is 0 Å². The number of methoxy groups -OCH3 is 1. The predicted octanol–water partition coefficient (Wildman–Crippen LogP) is 3.86. The summed E-state index contributed by atoms with van der Waals surface area (Å²) >= 11 is 0. The second-order valence-electron chi connectivity index (χ2n) is 7.14. The van der Waals surface area contributed by atoms with Gasteiger partial charge in [-0.05, 0) is 34.7 Å². The Hall–Kier alpha value is -2.89. The molecule has 0 atom stereocenters. The van der Waals surface area contributed by atoms with Crippen molar-refractivity contribution in [3.63, 3.8) is 0 Å². The van der Waals surface area contributed by atoms with E-state index in [1.165, 1.54) is 25.3 Å². The molecule has 0 aliphatic rings. The number of amides is 1. The molecular formula is C21H24FNO4. The van der Waals surface area contributed by atoms with E-state index in [1.54, 1.807) is 12.1 Å². The third-order valence-corrected chi connectivity index (χ3v) is 4.00. The summed E-state index contributed by atoms with van der Waals surface area (Å²) in [5.41, 5.74) is 1.65. The van der Waals surface area contributed by atoms with E-state index in [1.807, 2.05) is 12.1 Å². The van der Waals surface area contributed by atoms with Crippen LogP contribution in [0.1, 0.15) is 31.9 Å². The second-order valence-corrected chi connectivity index (χ2v) is 7.14. The zero-order chi connectivity index (χ0) is 20.0. The Labute approximate surface area is 158 Å². The molecule has 0 bridgehead atoms. The average molecular weight is 373 g/mol. The molecule has 0 unspecified atom stereocenters. The number of hydrogen-bond acceptors (Lipinski definition) is 4. The number of ether oxygens (including phenoxy) is 2. The van der Waals surface area contributed by atoms with Gasteiger partial charge in [0.05, 0.1) is 19.2 Å². The summed E-state index contributed by atoms with van der Waals surface area (Å²) in [5.74, 6) is -1.15. The molecule has 1 amide bonds. The highest BCUT2D eigenvalue weighted by atomic mass is 19.1. The topological polar surface area (TPSA) is 64.6 Å². The van der Waals surface area contributed by atoms with Crippen LogP contribution < -0.4 is 10.1 Å². The Bertz CT molecular complexity index is 827. The molecule has 144 valence electrons. The Morgan fingerprint density at radius 2 is 1.81 bits per heavy atom. The summed E-state index contributed by atoms with van der Waals surface area (Å²) in [6.07, 6.45) is -0.233. The number of hydrogen-bond donors (Lipinski definition) is 1. The van der Waals surface area contributed by atoms with Crippen molar-refractivity contribution in [1.29, 1.82) is 0 Å². The van der Waals surface area contributed by atoms with Crippen LogP contribution in [0.2, 0.25) is 0 Å². The smallest absolute Gasteiger partial charge is 0.310 e. The van der Waals surface area contributed by atoms with Gasteiger partial charge < -0.3 is 14.8 Å². The lowest BCUT2D eigenvalue weighted by Gasteiger charge is -2.21. The highest BCUT2D eigenvalue weighted by Gasteiger charge is 2.17. The largest absolute Gasteiger partial charge is 0.495 e. The summed E-state index contributed by atoms with van der Waals surface area (Å²) < 4.78 is 23.8. The number of nitrogens with one attached hydrogen (secondary N) is 1. The van der Waals surface area contributed by atoms with Crippen LogP contribution in [0, 0.1) is 5.82 Å². The number of esters is 1. The molecule has 0 fully saturated rings. The Kier molecular flexibility index (Phi) is 6.55. The maximum Gasteiger partial charge on any atom is 0.310 e. The van der Waals surface area contributed by atoms with Crippen LogP contribution >= 0.6 is 0 Å². The molecule has 0 heterocycles. The zero-order valence-corrected chi connectivity index (χ0v) is 16.0. The molecule has 6 heteroatoms. The normalized spacial score (nSPS) is 11.0. The van der Waals surface area contributed by atoms with Crippen molar-refractivity contribution in [2.75, 3.05) is 19.0 Å². The van der Waals surface area contributed by atoms with Crippen molar-refractivity contribution in [2.45, 2.75) is 32.6 Å². The van der Waals surface area contributed by atoms with Crippen molar-refractivity contribution in [2.24, 2.45) is 0 Å². The minimum Gasteiger partial charge on any atom is -0.495 e. The predicted molar refractivity (Wildman–Crippen MR) is 101 cm³/mol. The third kappa shape index (κ3) is 5.81. The number of halogens is 1. The first kappa shape index (κ1) is 20.4. The highest BCUT2D eigenvalue weighted by molar-refractivity contribution is 5.94. The van der Waals surface area contributed by atoms with E-state index in [9.17, 15) is 14.0 Å². The lowest BCUT2D eigenvalue weighted by Crippen LogP contribution is -2.22. The molecule has 0 radical (unpaired) electrons. The molecule has 1 N–H and O–H groups in total. The molecule has 0 aliphatic carbocycles. The van der Waals surface area contributed by atoms with Gasteiger partial charge in [0.25, 0.3) is 5.91 Å². The SMILES string of the molecule is COc1ccc(C(C)(C)C)cc1NC(=O)COC(=O)Cc1ccccc1F. The third-order valence-electron chi connectivity index (χ3n) is 4.00. The average Bonchev–Trinajstić information content (AvgIpc) is 2.61. The molecule has 0 spiro atoms. The lowest BCUT2D eigenvalue weighted by atomic mass is 9.87. The fourth-order valence-electron chi connectivity index (χ4n) is 2.45. The molecule has 27 heavy (non-hydrogen) atoms. The number of benzene rings is 2. The van der Waals surface area contributed by atoms with Crippen molar-refractivity contribution >= 4 is 17.6 Å². The van der Waals surface area contributed by atoms with Crippen molar-refractivity contribution < 1.29 is 23.5 Å². The quantitative estimate of drug-likeness (QED) is 0.781. The number of carbonyl (C=O) groups is 2. The molecule has 0 aromatic heterocycles. The van der Waals surface area contributed by atoms with E-state index in [4.69, 9.17) is 9.47 Å². The van der Waals surface area contributed by atoms with Gasteiger partial charge in [-0.25, -0.2) is 4.39 Å². The van der Waals surface area contributed by atoms with Gasteiger partial charge >= 0.3 is 5.97 Å². The van der Waals surface area contributed by atoms with Crippen LogP contribution in [0.5, 0.6) is 5.75 Å². The van der Waals surface area contributed by atoms with Crippen LogP contribution in [-0.4, -0.2) is 25.6 Å². The maximum absolute atomic E-state index is 13.6. The second kappa shape index (κ2) is 8.66. The van der Waals surface area contributed by atoms with E-state index >= 15 is 0 Å². The maximum atomic E-state index is 13.6. The van der Waals surface area contributed by atoms with Crippen LogP contribution in [0.25, 0.3) is 0 Å². The first-order valence-corrected chi connectivity index (χ1v) is 8.58. The summed E-state index contributed by atoms with van der Waals surface area (Å²) in [5, 5.41) is 2.69. The van der Waals surface area contributed by atoms with Crippen LogP contribution in [-0.2, 0) is 26.2 Å². The summed E-state index contributed by atoms with van der Waals surface area (Å²) in [6.45, 7) is 5.72. The first-order chi connectivity index (χ1) is 12.7. The monoisotopic (exact) mass is 373 g/mol. The molecule has 2 aromatic rings. The van der Waals surface area contributed by atoms with E-state index < -0.39 is 24.3 Å². The number of anilines is 1. The fourth-order valence-corrected chi connectivity index (χ4v) is 2.45. The van der Waals surface area contributed by atoms with E-state index in [2.05, 4.69) is 26.1 Å². The van der Waals surface area contributed by atoms with Gasteiger partial charge in [-0.1, -0.05) is 45.0 Å². The molecule has 2 aromatic carbocycles. The van der Waals surface area contributed by atoms with Crippen LogP contribution in [0.15, 0.2) is 42.5 Å². The van der Waals surface area contributed by atoms with Gasteiger partial charge in [0.2, 0.25) is 0 Å². The zero-order valence-electron chi connectivity index (χ0n) is 16.0. The standard InChI is InChI=1S/C21H24FNO4/c1-21(2,3)15-9-10-18(26-4)17(12-15)23-19(24)13-27-20(25)11-14-7-5-6-8-16(14)22/h5-10,12H,11,13H2,1-4H3,(H,23,24). The van der Waals surface area contributed by atoms with E-state index in [0.29, 0.717) is 11.4 Å². The van der Waals surface area contributed by atoms with Crippen molar-refractivity contribution in [1.82, 2.24) is 0 Å². The van der Waals surface area contributed by atoms with Crippen molar-refractivity contribution in [3.05, 3.63) is 59.4 Å². The van der Waals surface area contributed by atoms with E-state index in [-0.39, 0.29) is 17.4 Å². The van der Waals surface area contributed by atoms with Gasteiger partial charge in [0, 0.05) is 0 Å². The highest BCUT2D eigenvalue weighted by Crippen LogP contribution is 2.31. The number of carbonyl (C=O) groups excluding carboxylic acids is 2. The van der Waals surface area contributed by atoms with E-state index in [0.717, 1.165) is 5.56 Å². The van der Waals surface area contributed by atoms with Crippen molar-refractivity contribution in [3.8, 4) is 5.75 Å².